The summed E-state index contributed by atoms with van der Waals surface area (Å²) in [7, 11) is 0. The van der Waals surface area contributed by atoms with Crippen LogP contribution in [0, 0.1) is 0 Å². The van der Waals surface area contributed by atoms with E-state index in [1.807, 2.05) is 0 Å². The molecule has 0 spiro atoms. The van der Waals surface area contributed by atoms with Crippen LogP contribution in [0.3, 0.4) is 0 Å². The third-order valence-corrected chi connectivity index (χ3v) is 0. The third-order valence-electron chi connectivity index (χ3n) is 0. The van der Waals surface area contributed by atoms with E-state index in [1.165, 1.54) is 0 Å². The van der Waals surface area contributed by atoms with Crippen molar-refractivity contribution < 1.29 is 20.3 Å². The van der Waals surface area contributed by atoms with Gasteiger partial charge in [-0.25, -0.2) is 0 Å². The molecule has 0 aliphatic heterocycles. The van der Waals surface area contributed by atoms with Gasteiger partial charge < -0.3 is 1.43 Å². The molecule has 0 nitrogen and oxygen atoms in total. The molecule has 0 bridgehead atoms. The maximum atomic E-state index is 0. The summed E-state index contributed by atoms with van der Waals surface area (Å²) >= 11 is 0. The van der Waals surface area contributed by atoms with Crippen LogP contribution in [-0.4, -0.2) is 48.3 Å². The van der Waals surface area contributed by atoms with Crippen LogP contribution in [0.5, 0.6) is 0 Å². The van der Waals surface area contributed by atoms with E-state index in [1.54, 1.807) is 0 Å². The molecule has 0 atom stereocenters. The Bertz CT molecular complexity index is 11.6. The average Bonchev–Trinajstić information content (AvgIpc) is 0. The predicted molar refractivity (Wildman–Crippen MR) is 30.0 cm³/mol. The molecule has 0 heterocycles. The second kappa shape index (κ2) is 17.6. The summed E-state index contributed by atoms with van der Waals surface area (Å²) in [5.41, 5.74) is 0. The zero-order valence-corrected chi connectivity index (χ0v) is 12.0. The fourth-order valence-corrected chi connectivity index (χ4v) is 0. The Labute approximate surface area is 81.0 Å². The van der Waals surface area contributed by atoms with Crippen LogP contribution in [0.4, 0.5) is 0 Å². The van der Waals surface area contributed by atoms with Crippen molar-refractivity contribution >= 4 is 61.8 Å². The fourth-order valence-electron chi connectivity index (χ4n) is 0. The maximum absolute atomic E-state index is 0. The van der Waals surface area contributed by atoms with Gasteiger partial charge in [0.15, 0.2) is 0 Å². The molecule has 0 aromatic carbocycles. The Balaban J connectivity index is 0. The van der Waals surface area contributed by atoms with Gasteiger partial charge in [-0.2, -0.15) is 13.5 Å². The van der Waals surface area contributed by atoms with Crippen LogP contribution in [0.25, 0.3) is 0 Å². The zero-order chi connectivity index (χ0) is 0. The van der Waals surface area contributed by atoms with E-state index in [4.69, 9.17) is 0 Å². The average molecular weight is 288 g/mol. The van der Waals surface area contributed by atoms with E-state index < -0.39 is 0 Å². The quantitative estimate of drug-likeness (QED) is 0.392. The molecular formula is H8LiSSbSn. The van der Waals surface area contributed by atoms with E-state index in [2.05, 4.69) is 0 Å². The Hall–Kier alpha value is 2.56. The molecule has 0 saturated carbocycles. The van der Waals surface area contributed by atoms with E-state index in [0.29, 0.717) is 0 Å². The van der Waals surface area contributed by atoms with Gasteiger partial charge in [-0.1, -0.05) is 0 Å². The number of hydrogen-bond acceptors (Lipinski definition) is 0. The molecule has 0 aromatic rings. The topological polar surface area (TPSA) is 0 Å². The first-order chi connectivity index (χ1) is 0. The van der Waals surface area contributed by atoms with Gasteiger partial charge in [0, 0.05) is 0 Å². The van der Waals surface area contributed by atoms with Crippen LogP contribution >= 0.6 is 13.5 Å². The zero-order valence-electron chi connectivity index (χ0n) is 3.91. The molecular weight excluding hydrogens is 279 g/mol. The van der Waals surface area contributed by atoms with Crippen molar-refractivity contribution in [3.8, 4) is 0 Å². The fraction of sp³-hybridized carbons (Fsp3) is 0. The monoisotopic (exact) mass is 288 g/mol. The molecule has 0 aliphatic carbocycles. The minimum atomic E-state index is 0. The van der Waals surface area contributed by atoms with Crippen molar-refractivity contribution in [3.05, 3.63) is 0 Å². The van der Waals surface area contributed by atoms with Gasteiger partial charge in [-0.3, -0.25) is 0 Å². The summed E-state index contributed by atoms with van der Waals surface area (Å²) in [6, 6.07) is 0. The summed E-state index contributed by atoms with van der Waals surface area (Å²) in [6.45, 7) is 0. The molecule has 0 fully saturated rings. The van der Waals surface area contributed by atoms with Crippen molar-refractivity contribution in [2.45, 2.75) is 0 Å². The summed E-state index contributed by atoms with van der Waals surface area (Å²) in [4.78, 5) is 0. The number of hydrogen-bond donors (Lipinski definition) is 0. The van der Waals surface area contributed by atoms with Gasteiger partial charge in [0.1, 0.15) is 0 Å². The second-order valence-electron chi connectivity index (χ2n) is 0. The standard InChI is InChI=1S/Li.H2S.Sb.Sn.6H/h;1H2;;;;;;;;/q+1;;;;;;;;;-1. The summed E-state index contributed by atoms with van der Waals surface area (Å²) in [6.07, 6.45) is 0. The van der Waals surface area contributed by atoms with E-state index in [-0.39, 0.29) is 82.1 Å². The molecule has 2 radical (unpaired) electrons. The first kappa shape index (κ1) is 30.9. The van der Waals surface area contributed by atoms with E-state index in [9.17, 15) is 0 Å². The molecule has 0 aromatic heterocycles. The SMILES string of the molecule is S.[H-].[Li+].[SbH3].[SnH2]. The Kier molecular flexibility index (Phi) is 136. The first-order valence-corrected chi connectivity index (χ1v) is 0. The molecule has 24 valence electrons. The molecule has 0 aliphatic rings. The Morgan fingerprint density at radius 3 is 1.25 bits per heavy atom. The Morgan fingerprint density at radius 2 is 1.25 bits per heavy atom. The van der Waals surface area contributed by atoms with Crippen molar-refractivity contribution in [2.75, 3.05) is 0 Å². The van der Waals surface area contributed by atoms with Crippen LogP contribution < -0.4 is 18.9 Å². The molecule has 0 rings (SSSR count). The number of rotatable bonds is 0. The van der Waals surface area contributed by atoms with Crippen molar-refractivity contribution in [3.63, 3.8) is 0 Å². The second-order valence-corrected chi connectivity index (χ2v) is 0. The molecule has 0 saturated heterocycles. The predicted octanol–water partition coefficient (Wildman–Crippen LogP) is -4.87. The minimum absolute atomic E-state index is 0. The van der Waals surface area contributed by atoms with Crippen LogP contribution in [0.1, 0.15) is 1.43 Å². The van der Waals surface area contributed by atoms with E-state index >= 15 is 0 Å². The van der Waals surface area contributed by atoms with Gasteiger partial charge >= 0.3 is 67.2 Å². The Morgan fingerprint density at radius 1 is 1.25 bits per heavy atom. The molecule has 0 amide bonds. The molecule has 4 heavy (non-hydrogen) atoms. The van der Waals surface area contributed by atoms with Gasteiger partial charge in [-0.05, 0) is 0 Å². The normalized spacial score (nSPS) is 0. The van der Waals surface area contributed by atoms with Gasteiger partial charge in [0.2, 0.25) is 0 Å². The molecule has 0 unspecified atom stereocenters. The van der Waals surface area contributed by atoms with Crippen molar-refractivity contribution in [2.24, 2.45) is 0 Å². The summed E-state index contributed by atoms with van der Waals surface area (Å²) in [5, 5.41) is 0. The van der Waals surface area contributed by atoms with Gasteiger partial charge in [-0.15, -0.1) is 0 Å². The first-order valence-electron chi connectivity index (χ1n) is 0. The van der Waals surface area contributed by atoms with Gasteiger partial charge in [0.05, 0.1) is 0 Å². The van der Waals surface area contributed by atoms with Crippen molar-refractivity contribution in [1.82, 2.24) is 0 Å². The van der Waals surface area contributed by atoms with Crippen LogP contribution in [-0.2, 0) is 0 Å². The molecule has 0 N–H and O–H groups in total. The van der Waals surface area contributed by atoms with Crippen LogP contribution in [0.15, 0.2) is 0 Å². The van der Waals surface area contributed by atoms with Crippen molar-refractivity contribution in [1.29, 1.82) is 0 Å². The molecule has 4 heteroatoms. The third kappa shape index (κ3) is 8.82. The summed E-state index contributed by atoms with van der Waals surface area (Å²) < 4.78 is 0. The van der Waals surface area contributed by atoms with E-state index in [0.717, 1.165) is 0 Å². The summed E-state index contributed by atoms with van der Waals surface area (Å²) in [5.74, 6) is 0. The van der Waals surface area contributed by atoms with Gasteiger partial charge in [0.25, 0.3) is 0 Å². The van der Waals surface area contributed by atoms with Crippen LogP contribution in [0.2, 0.25) is 0 Å².